The van der Waals surface area contributed by atoms with Crippen molar-refractivity contribution in [3.63, 3.8) is 0 Å². The fourth-order valence-electron chi connectivity index (χ4n) is 7.85. The molecular formula is C36H47N5O8. The van der Waals surface area contributed by atoms with Gasteiger partial charge in [-0.1, -0.05) is 6.07 Å². The molecule has 49 heavy (non-hydrogen) atoms. The fraction of sp³-hybridized carbons (Fsp3) is 0.583. The number of allylic oxidation sites excluding steroid dienone is 2. The Morgan fingerprint density at radius 1 is 1.06 bits per heavy atom. The number of piperazine rings is 1. The van der Waals surface area contributed by atoms with Crippen LogP contribution in [0.4, 0.5) is 4.79 Å². The Hall–Kier alpha value is -4.25. The van der Waals surface area contributed by atoms with Gasteiger partial charge in [-0.05, 0) is 79.5 Å². The summed E-state index contributed by atoms with van der Waals surface area (Å²) in [7, 11) is 5.10. The number of aryl methyl sites for hydroxylation is 1. The summed E-state index contributed by atoms with van der Waals surface area (Å²) in [6.45, 7) is 11.9. The molecule has 6 atom stereocenters. The average Bonchev–Trinajstić information content (AvgIpc) is 3.03. The van der Waals surface area contributed by atoms with Gasteiger partial charge in [0.05, 0.1) is 25.3 Å². The lowest BCUT2D eigenvalue weighted by molar-refractivity contribution is -0.124. The van der Waals surface area contributed by atoms with Gasteiger partial charge in [0.2, 0.25) is 5.91 Å². The second-order valence-electron chi connectivity index (χ2n) is 14.3. The molecule has 4 aliphatic rings. The van der Waals surface area contributed by atoms with Crippen LogP contribution in [0, 0.1) is 18.3 Å². The molecule has 13 nitrogen and oxygen atoms in total. The number of benzene rings is 1. The molecule has 3 heterocycles. The predicted octanol–water partition coefficient (Wildman–Crippen LogP) is 3.05. The van der Waals surface area contributed by atoms with Crippen LogP contribution < -0.4 is 20.1 Å². The minimum Gasteiger partial charge on any atom is -0.493 e. The van der Waals surface area contributed by atoms with E-state index in [2.05, 4.69) is 27.7 Å². The van der Waals surface area contributed by atoms with Gasteiger partial charge in [-0.3, -0.25) is 24.2 Å². The standard InChI is InChI=1S/C36H47N5O8/c1-17-11-21-12-23-25(14-37)41-24(29(40(23)8)27(21)33(32(17)47-10)48-16-46-9)13-22-28(31(43)19(3)18(2)30(22)42)26(41)15-38-34(44)20(4)39-35(45)49-36(5,6)7/h11,20,23-26,29H,12-13,15-16H2,1-10H3,(H,38,44)(H,39,45)/t20-,23-,24?,25-,26-,29+/m0/s1. The first-order chi connectivity index (χ1) is 23.1. The summed E-state index contributed by atoms with van der Waals surface area (Å²) < 4.78 is 22.6. The highest BCUT2D eigenvalue weighted by Gasteiger charge is 2.57. The van der Waals surface area contributed by atoms with E-state index in [0.29, 0.717) is 40.2 Å². The average molecular weight is 678 g/mol. The van der Waals surface area contributed by atoms with Crippen LogP contribution >= 0.6 is 0 Å². The van der Waals surface area contributed by atoms with Crippen LogP contribution in [0.2, 0.25) is 0 Å². The maximum absolute atomic E-state index is 14.0. The Morgan fingerprint density at radius 3 is 2.35 bits per heavy atom. The van der Waals surface area contributed by atoms with E-state index in [-0.39, 0.29) is 43.4 Å². The number of carbonyl (C=O) groups is 4. The van der Waals surface area contributed by atoms with Gasteiger partial charge in [-0.2, -0.15) is 5.26 Å². The van der Waals surface area contributed by atoms with E-state index in [4.69, 9.17) is 18.9 Å². The molecule has 1 aromatic rings. The van der Waals surface area contributed by atoms with Gasteiger partial charge in [0.25, 0.3) is 0 Å². The minimum absolute atomic E-state index is 0.0168. The Kier molecular flexibility index (Phi) is 9.98. The van der Waals surface area contributed by atoms with Gasteiger partial charge in [-0.25, -0.2) is 4.79 Å². The fourth-order valence-corrected chi connectivity index (χ4v) is 7.85. The molecule has 1 fully saturated rings. The first-order valence-electron chi connectivity index (χ1n) is 16.5. The van der Waals surface area contributed by atoms with E-state index in [1.165, 1.54) is 14.0 Å². The monoisotopic (exact) mass is 677 g/mol. The van der Waals surface area contributed by atoms with E-state index in [0.717, 1.165) is 16.7 Å². The number of nitrogens with zero attached hydrogens (tertiary/aromatic N) is 3. The lowest BCUT2D eigenvalue weighted by Gasteiger charge is -2.60. The number of carbonyl (C=O) groups excluding carboxylic acids is 4. The van der Waals surface area contributed by atoms with Crippen LogP contribution in [-0.4, -0.2) is 104 Å². The third-order valence-electron chi connectivity index (χ3n) is 10.1. The second-order valence-corrected chi connectivity index (χ2v) is 14.3. The van der Waals surface area contributed by atoms with Crippen LogP contribution in [0.1, 0.15) is 70.7 Å². The molecule has 2 N–H and O–H groups in total. The van der Waals surface area contributed by atoms with Gasteiger partial charge in [-0.15, -0.1) is 0 Å². The van der Waals surface area contributed by atoms with Crippen molar-refractivity contribution in [3.8, 4) is 17.6 Å². The zero-order chi connectivity index (χ0) is 36.1. The quantitative estimate of drug-likeness (QED) is 0.308. The van der Waals surface area contributed by atoms with E-state index >= 15 is 0 Å². The highest BCUT2D eigenvalue weighted by molar-refractivity contribution is 6.25. The van der Waals surface area contributed by atoms with Crippen LogP contribution in [-0.2, 0) is 30.3 Å². The number of alkyl carbamates (subject to hydrolysis) is 1. The van der Waals surface area contributed by atoms with Gasteiger partial charge >= 0.3 is 6.09 Å². The zero-order valence-corrected chi connectivity index (χ0v) is 30.0. The molecule has 0 radical (unpaired) electrons. The molecule has 1 aliphatic carbocycles. The van der Waals surface area contributed by atoms with Crippen LogP contribution in [0.15, 0.2) is 28.4 Å². The van der Waals surface area contributed by atoms with Crippen LogP contribution in [0.3, 0.4) is 0 Å². The summed E-state index contributed by atoms with van der Waals surface area (Å²) >= 11 is 0. The number of Topliss-reactive ketones (excluding diaryl/α,β-unsaturated/α-hetero) is 2. The predicted molar refractivity (Wildman–Crippen MR) is 179 cm³/mol. The topological polar surface area (TPSA) is 160 Å². The summed E-state index contributed by atoms with van der Waals surface area (Å²) in [5, 5.41) is 16.2. The Labute approximate surface area is 287 Å². The summed E-state index contributed by atoms with van der Waals surface area (Å²) in [5.41, 5.74) is 3.46. The maximum Gasteiger partial charge on any atom is 0.408 e. The van der Waals surface area contributed by atoms with Gasteiger partial charge in [0, 0.05) is 53.6 Å². The van der Waals surface area contributed by atoms with Crippen molar-refractivity contribution < 1.29 is 38.1 Å². The molecule has 2 bridgehead atoms. The first kappa shape index (κ1) is 36.0. The SMILES string of the molecule is COCOc1c(OC)c(C)cc2c1[C@H]1C3CC4=C(C(=O)C(C)=C(C)C4=O)[C@H](CNC(=O)[C@H](C)NC(=O)OC(C)(C)C)N3[C@@H](C#N)[C@H](C2)N1C. The molecule has 264 valence electrons. The smallest absolute Gasteiger partial charge is 0.408 e. The van der Waals surface area contributed by atoms with Crippen molar-refractivity contribution in [1.29, 1.82) is 5.26 Å². The number of nitriles is 1. The van der Waals surface area contributed by atoms with E-state index in [9.17, 15) is 24.4 Å². The van der Waals surface area contributed by atoms with Gasteiger partial charge in [0.15, 0.2) is 29.9 Å². The summed E-state index contributed by atoms with van der Waals surface area (Å²) in [5.74, 6) is 0.120. The molecule has 2 amide bonds. The van der Waals surface area contributed by atoms with Crippen LogP contribution in [0.25, 0.3) is 0 Å². The summed E-state index contributed by atoms with van der Waals surface area (Å²) in [4.78, 5) is 58.0. The molecule has 0 spiro atoms. The van der Waals surface area contributed by atoms with Gasteiger partial charge < -0.3 is 29.6 Å². The van der Waals surface area contributed by atoms with Gasteiger partial charge in [0.1, 0.15) is 17.7 Å². The normalized spacial score (nSPS) is 25.9. The number of likely N-dealkylation sites (N-methyl/N-ethyl adjacent to an activating group) is 1. The number of methoxy groups -OCH3 is 2. The molecule has 0 saturated carbocycles. The number of ketones is 2. The molecule has 13 heteroatoms. The third kappa shape index (κ3) is 6.33. The largest absolute Gasteiger partial charge is 0.493 e. The molecule has 5 rings (SSSR count). The van der Waals surface area contributed by atoms with Crippen molar-refractivity contribution in [2.24, 2.45) is 0 Å². The second kappa shape index (κ2) is 13.6. The molecule has 1 unspecified atom stereocenters. The number of hydrogen-bond acceptors (Lipinski definition) is 11. The lowest BCUT2D eigenvalue weighted by atomic mass is 9.69. The number of rotatable bonds is 8. The molecule has 1 aromatic carbocycles. The zero-order valence-electron chi connectivity index (χ0n) is 30.0. The minimum atomic E-state index is -0.961. The number of hydrogen-bond donors (Lipinski definition) is 2. The summed E-state index contributed by atoms with van der Waals surface area (Å²) in [6, 6.07) is 1.05. The molecule has 3 aliphatic heterocycles. The summed E-state index contributed by atoms with van der Waals surface area (Å²) in [6.07, 6.45) is -0.00959. The highest BCUT2D eigenvalue weighted by Crippen LogP contribution is 2.54. The number of nitrogens with one attached hydrogen (secondary N) is 2. The first-order valence-corrected chi connectivity index (χ1v) is 16.5. The van der Waals surface area contributed by atoms with Crippen molar-refractivity contribution >= 4 is 23.6 Å². The van der Waals surface area contributed by atoms with Crippen molar-refractivity contribution in [3.05, 3.63) is 45.0 Å². The lowest BCUT2D eigenvalue weighted by Crippen LogP contribution is -2.71. The highest BCUT2D eigenvalue weighted by atomic mass is 16.7. The Bertz CT molecular complexity index is 1680. The van der Waals surface area contributed by atoms with Crippen molar-refractivity contribution in [1.82, 2.24) is 20.4 Å². The molecule has 0 aromatic heterocycles. The molecular weight excluding hydrogens is 630 g/mol. The van der Waals surface area contributed by atoms with Crippen LogP contribution in [0.5, 0.6) is 11.5 Å². The number of ether oxygens (including phenoxy) is 4. The van der Waals surface area contributed by atoms with Crippen molar-refractivity contribution in [2.45, 2.75) is 103 Å². The molecule has 1 saturated heterocycles. The number of amides is 2. The van der Waals surface area contributed by atoms with Crippen molar-refractivity contribution in [2.75, 3.05) is 34.6 Å². The Balaban J connectivity index is 1.60. The number of fused-ring (bicyclic) bond motifs is 6. The Morgan fingerprint density at radius 2 is 1.73 bits per heavy atom. The van der Waals surface area contributed by atoms with E-state index in [1.54, 1.807) is 41.7 Å². The maximum atomic E-state index is 14.0. The van der Waals surface area contributed by atoms with E-state index in [1.807, 2.05) is 18.9 Å². The van der Waals surface area contributed by atoms with E-state index < -0.39 is 41.8 Å². The third-order valence-corrected chi connectivity index (χ3v) is 10.1.